The summed E-state index contributed by atoms with van der Waals surface area (Å²) < 4.78 is 9.01. The van der Waals surface area contributed by atoms with Gasteiger partial charge in [0.2, 0.25) is 0 Å². The average Bonchev–Trinajstić information content (AvgIpc) is 1.99. The topological polar surface area (TPSA) is 61.1 Å². The molecule has 0 radical (unpaired) electrons. The van der Waals surface area contributed by atoms with Crippen molar-refractivity contribution in [3.05, 3.63) is 0 Å². The van der Waals surface area contributed by atoms with E-state index in [1.165, 1.54) is 14.2 Å². The highest BCUT2D eigenvalue weighted by Gasteiger charge is 2.06. The first kappa shape index (κ1) is 8.94. The van der Waals surface area contributed by atoms with Crippen molar-refractivity contribution in [2.24, 2.45) is 0 Å². The van der Waals surface area contributed by atoms with Crippen LogP contribution in [-0.4, -0.2) is 26.1 Å². The number of nitrogens with two attached hydrogens (primary N) is 1. The quantitative estimate of drug-likeness (QED) is 0.307. The van der Waals surface area contributed by atoms with Crippen molar-refractivity contribution >= 4 is 11.9 Å². The Kier molecular flexibility index (Phi) is 4.28. The Balaban J connectivity index is 3.35. The molecule has 0 aromatic rings. The van der Waals surface area contributed by atoms with Gasteiger partial charge in [0.25, 0.3) is 0 Å². The van der Waals surface area contributed by atoms with Gasteiger partial charge in [0, 0.05) is 0 Å². The first-order valence-electron chi connectivity index (χ1n) is 2.92. The third-order valence-electron chi connectivity index (χ3n) is 1.07. The Labute approximate surface area is 59.6 Å². The van der Waals surface area contributed by atoms with Crippen LogP contribution < -0.4 is 5.41 Å². The van der Waals surface area contributed by atoms with Gasteiger partial charge in [-0.25, -0.2) is 5.41 Å². The highest BCUT2D eigenvalue weighted by Crippen LogP contribution is 1.91. The van der Waals surface area contributed by atoms with E-state index in [1.54, 1.807) is 0 Å². The maximum atomic E-state index is 10.5. The van der Waals surface area contributed by atoms with Gasteiger partial charge < -0.3 is 9.47 Å². The lowest BCUT2D eigenvalue weighted by Crippen LogP contribution is -2.41. The summed E-state index contributed by atoms with van der Waals surface area (Å²) in [7, 11) is 2.80. The molecule has 0 spiro atoms. The molecule has 0 heterocycles. The Hall–Kier alpha value is -1.06. The van der Waals surface area contributed by atoms with Crippen LogP contribution in [-0.2, 0) is 14.3 Å². The van der Waals surface area contributed by atoms with E-state index in [2.05, 4.69) is 9.47 Å². The molecule has 4 heteroatoms. The predicted octanol–water partition coefficient (Wildman–Crippen LogP) is -1.26. The molecule has 0 aromatic carbocycles. The van der Waals surface area contributed by atoms with Gasteiger partial charge in [0.15, 0.2) is 0 Å². The number of ether oxygens (including phenoxy) is 2. The van der Waals surface area contributed by atoms with Crippen molar-refractivity contribution < 1.29 is 19.7 Å². The molecule has 58 valence electrons. The van der Waals surface area contributed by atoms with Crippen molar-refractivity contribution in [2.45, 2.75) is 12.8 Å². The molecule has 10 heavy (non-hydrogen) atoms. The van der Waals surface area contributed by atoms with Crippen molar-refractivity contribution in [1.82, 2.24) is 0 Å². The second kappa shape index (κ2) is 4.78. The van der Waals surface area contributed by atoms with E-state index in [4.69, 9.17) is 5.41 Å². The minimum absolute atomic E-state index is 0.274. The summed E-state index contributed by atoms with van der Waals surface area (Å²) in [6.07, 6.45) is 0.694. The fourth-order valence-corrected chi connectivity index (χ4v) is 0.429. The summed E-state index contributed by atoms with van der Waals surface area (Å²) in [6.45, 7) is 0. The van der Waals surface area contributed by atoms with Gasteiger partial charge in [0.1, 0.15) is 0 Å². The van der Waals surface area contributed by atoms with Crippen LogP contribution in [0.1, 0.15) is 12.8 Å². The summed E-state index contributed by atoms with van der Waals surface area (Å²) >= 11 is 0. The van der Waals surface area contributed by atoms with Crippen LogP contribution in [0.2, 0.25) is 0 Å². The normalized spacial score (nSPS) is 8.60. The van der Waals surface area contributed by atoms with Crippen LogP contribution >= 0.6 is 0 Å². The number of carbonyl (C=O) groups is 1. The van der Waals surface area contributed by atoms with Gasteiger partial charge in [-0.15, -0.1) is 0 Å². The molecule has 0 atom stereocenters. The maximum absolute atomic E-state index is 10.5. The molecule has 0 saturated heterocycles. The molecule has 4 nitrogen and oxygen atoms in total. The van der Waals surface area contributed by atoms with Crippen LogP contribution in [0.15, 0.2) is 0 Å². The van der Waals surface area contributed by atoms with Crippen LogP contribution in [0, 0.1) is 0 Å². The third kappa shape index (κ3) is 3.88. The van der Waals surface area contributed by atoms with E-state index in [9.17, 15) is 4.79 Å². The lowest BCUT2D eigenvalue weighted by atomic mass is 10.3. The molecule has 0 aliphatic rings. The number of methoxy groups -OCH3 is 2. The molecule has 2 N–H and O–H groups in total. The molecular weight excluding hydrogens is 134 g/mol. The van der Waals surface area contributed by atoms with Crippen molar-refractivity contribution in [3.63, 3.8) is 0 Å². The van der Waals surface area contributed by atoms with Gasteiger partial charge >= 0.3 is 11.9 Å². The zero-order valence-corrected chi connectivity index (χ0v) is 6.22. The monoisotopic (exact) mass is 146 g/mol. The van der Waals surface area contributed by atoms with E-state index in [0.29, 0.717) is 12.3 Å². The predicted molar refractivity (Wildman–Crippen MR) is 35.2 cm³/mol. The van der Waals surface area contributed by atoms with E-state index in [1.807, 2.05) is 0 Å². The van der Waals surface area contributed by atoms with E-state index < -0.39 is 0 Å². The highest BCUT2D eigenvalue weighted by atomic mass is 16.5. The average molecular weight is 146 g/mol. The summed E-state index contributed by atoms with van der Waals surface area (Å²) in [5.74, 6) is 0.0744. The van der Waals surface area contributed by atoms with E-state index in [-0.39, 0.29) is 12.4 Å². The fraction of sp³-hybridized carbons (Fsp3) is 0.667. The van der Waals surface area contributed by atoms with Crippen molar-refractivity contribution in [2.75, 3.05) is 14.2 Å². The third-order valence-corrected chi connectivity index (χ3v) is 1.07. The number of rotatable bonds is 3. The lowest BCUT2D eigenvalue weighted by Gasteiger charge is -1.95. The molecule has 0 rings (SSSR count). The van der Waals surface area contributed by atoms with Crippen LogP contribution in [0.4, 0.5) is 0 Å². The van der Waals surface area contributed by atoms with Crippen molar-refractivity contribution in [1.29, 1.82) is 0 Å². The Morgan fingerprint density at radius 2 is 1.90 bits per heavy atom. The SMILES string of the molecule is COC(=[NH2+])CCC(=O)OC. The van der Waals surface area contributed by atoms with E-state index >= 15 is 0 Å². The summed E-state index contributed by atoms with van der Waals surface area (Å²) in [4.78, 5) is 10.5. The molecule has 0 aliphatic carbocycles. The minimum atomic E-state index is -0.278. The molecule has 0 bridgehead atoms. The smallest absolute Gasteiger partial charge is 0.333 e. The van der Waals surface area contributed by atoms with Crippen LogP contribution in [0.25, 0.3) is 0 Å². The highest BCUT2D eigenvalue weighted by molar-refractivity contribution is 5.77. The largest absolute Gasteiger partial charge is 0.469 e. The molecule has 0 saturated carbocycles. The van der Waals surface area contributed by atoms with Crippen LogP contribution in [0.3, 0.4) is 0 Å². The van der Waals surface area contributed by atoms with Gasteiger partial charge in [-0.05, 0) is 0 Å². The Bertz CT molecular complexity index is 117. The Morgan fingerprint density at radius 1 is 1.30 bits per heavy atom. The summed E-state index contributed by atoms with van der Waals surface area (Å²) in [6, 6.07) is 0. The van der Waals surface area contributed by atoms with Gasteiger partial charge in [0.05, 0.1) is 27.1 Å². The first-order chi connectivity index (χ1) is 4.70. The molecule has 0 fully saturated rings. The minimum Gasteiger partial charge on any atom is -0.469 e. The number of hydrogen-bond donors (Lipinski definition) is 1. The molecule has 0 unspecified atom stereocenters. The molecule has 0 amide bonds. The number of carbonyl (C=O) groups excluding carboxylic acids is 1. The molecule has 0 aliphatic heterocycles. The maximum Gasteiger partial charge on any atom is 0.333 e. The molecule has 0 aromatic heterocycles. The van der Waals surface area contributed by atoms with Gasteiger partial charge in [-0.3, -0.25) is 4.79 Å². The standard InChI is InChI=1S/C6H11NO3/c1-9-5(7)3-4-6(8)10-2/h7H,3-4H2,1-2H3/p+1. The van der Waals surface area contributed by atoms with Crippen LogP contribution in [0.5, 0.6) is 0 Å². The summed E-state index contributed by atoms with van der Waals surface area (Å²) in [5.41, 5.74) is 0. The summed E-state index contributed by atoms with van der Waals surface area (Å²) in [5, 5.41) is 5.26. The first-order valence-corrected chi connectivity index (χ1v) is 2.92. The lowest BCUT2D eigenvalue weighted by molar-refractivity contribution is -0.147. The van der Waals surface area contributed by atoms with Crippen molar-refractivity contribution in [3.8, 4) is 0 Å². The second-order valence-electron chi connectivity index (χ2n) is 1.75. The Morgan fingerprint density at radius 3 is 2.30 bits per heavy atom. The molecular formula is C6H12NO3+. The zero-order chi connectivity index (χ0) is 7.98. The van der Waals surface area contributed by atoms with Gasteiger partial charge in [-0.1, -0.05) is 0 Å². The fourth-order valence-electron chi connectivity index (χ4n) is 0.429. The van der Waals surface area contributed by atoms with E-state index in [0.717, 1.165) is 0 Å². The number of hydrogen-bond acceptors (Lipinski definition) is 3. The number of esters is 1. The zero-order valence-electron chi connectivity index (χ0n) is 6.22. The van der Waals surface area contributed by atoms with Gasteiger partial charge in [-0.2, -0.15) is 0 Å². The second-order valence-corrected chi connectivity index (χ2v) is 1.75.